The topological polar surface area (TPSA) is 3.88 Å². The molecular weight excluding hydrogens is 342 g/mol. The van der Waals surface area contributed by atoms with Crippen molar-refractivity contribution in [3.8, 4) is 11.3 Å². The van der Waals surface area contributed by atoms with Gasteiger partial charge in [-0.15, -0.1) is 0 Å². The average molecular weight is 358 g/mol. The third-order valence-electron chi connectivity index (χ3n) is 3.73. The summed E-state index contributed by atoms with van der Waals surface area (Å²) in [6.07, 6.45) is 3.60. The second-order valence-electron chi connectivity index (χ2n) is 4.98. The van der Waals surface area contributed by atoms with Crippen LogP contribution < -0.4 is 4.57 Å². The maximum Gasteiger partial charge on any atom is 0.136 e. The van der Waals surface area contributed by atoms with Gasteiger partial charge in [0.15, 0.2) is 0 Å². The number of rotatable bonds is 2. The molecule has 1 aromatic heterocycles. The van der Waals surface area contributed by atoms with Crippen LogP contribution in [0.5, 0.6) is 0 Å². The molecule has 1 nitrogen and oxygen atoms in total. The predicted octanol–water partition coefficient (Wildman–Crippen LogP) is 3.50. The molecular formula is C19H16BNY-. The fourth-order valence-electron chi connectivity index (χ4n) is 2.57. The maximum absolute atomic E-state index is 5.61. The minimum absolute atomic E-state index is 0. The van der Waals surface area contributed by atoms with E-state index < -0.39 is 0 Å². The number of fused-ring (bicyclic) bond motifs is 1. The molecule has 0 saturated heterocycles. The van der Waals surface area contributed by atoms with Gasteiger partial charge in [0.25, 0.3) is 0 Å². The molecule has 3 heteroatoms. The first kappa shape index (κ1) is 18.8. The first-order valence-corrected chi connectivity index (χ1v) is 6.66. The van der Waals surface area contributed by atoms with E-state index >= 15 is 0 Å². The Labute approximate surface area is 159 Å². The van der Waals surface area contributed by atoms with E-state index in [9.17, 15) is 0 Å². The van der Waals surface area contributed by atoms with Crippen molar-refractivity contribution >= 4 is 25.3 Å². The molecule has 0 aliphatic rings. The van der Waals surface area contributed by atoms with E-state index in [1.54, 1.807) is 6.08 Å². The Bertz CT molecular complexity index is 812. The normalized spacial score (nSPS) is 9.73. The number of nitrogens with zero attached hydrogens (tertiary/aromatic N) is 1. The summed E-state index contributed by atoms with van der Waals surface area (Å²) in [5.74, 6) is 0. The van der Waals surface area contributed by atoms with Gasteiger partial charge in [-0.1, -0.05) is 42.0 Å². The van der Waals surface area contributed by atoms with Crippen molar-refractivity contribution < 1.29 is 37.3 Å². The Hall–Kier alpha value is -1.24. The second-order valence-corrected chi connectivity index (χ2v) is 4.98. The monoisotopic (exact) mass is 358 g/mol. The van der Waals surface area contributed by atoms with Crippen LogP contribution in [-0.2, 0) is 39.8 Å². The summed E-state index contributed by atoms with van der Waals surface area (Å²) in [6.45, 7) is 7.77. The van der Waals surface area contributed by atoms with Gasteiger partial charge in [-0.25, -0.2) is 4.57 Å². The van der Waals surface area contributed by atoms with Gasteiger partial charge >= 0.3 is 0 Å². The van der Waals surface area contributed by atoms with Gasteiger partial charge in [0.2, 0.25) is 0 Å². The van der Waals surface area contributed by atoms with Crippen LogP contribution in [0.1, 0.15) is 11.1 Å². The molecule has 3 rings (SSSR count). The van der Waals surface area contributed by atoms with Crippen LogP contribution in [0, 0.1) is 19.6 Å². The van der Waals surface area contributed by atoms with Crippen LogP contribution in [0.2, 0.25) is 0 Å². The zero-order valence-electron chi connectivity index (χ0n) is 12.9. The summed E-state index contributed by atoms with van der Waals surface area (Å²) < 4.78 is 2.07. The van der Waals surface area contributed by atoms with E-state index in [0.717, 1.165) is 11.3 Å². The van der Waals surface area contributed by atoms with Crippen molar-refractivity contribution in [3.63, 3.8) is 0 Å². The minimum atomic E-state index is 0. The van der Waals surface area contributed by atoms with Gasteiger partial charge in [0, 0.05) is 41.1 Å². The van der Waals surface area contributed by atoms with Crippen molar-refractivity contribution in [2.24, 2.45) is 7.05 Å². The number of pyridine rings is 1. The van der Waals surface area contributed by atoms with Gasteiger partial charge in [-0.2, -0.15) is 12.1 Å². The largest absolute Gasteiger partial charge is 0.344 e. The fourth-order valence-corrected chi connectivity index (χ4v) is 2.57. The summed E-state index contributed by atoms with van der Waals surface area (Å²) >= 11 is 0. The van der Waals surface area contributed by atoms with Crippen molar-refractivity contribution in [2.75, 3.05) is 0 Å². The molecule has 22 heavy (non-hydrogen) atoms. The van der Waals surface area contributed by atoms with Crippen LogP contribution >= 0.6 is 0 Å². The predicted molar refractivity (Wildman–Crippen MR) is 88.7 cm³/mol. The molecule has 1 heterocycles. The Balaban J connectivity index is 0.00000121. The van der Waals surface area contributed by atoms with Crippen LogP contribution in [0.25, 0.3) is 28.1 Å². The zero-order chi connectivity index (χ0) is 14.1. The molecule has 0 unspecified atom stereocenters. The molecule has 0 bridgehead atoms. The summed E-state index contributed by atoms with van der Waals surface area (Å²) in [5, 5.41) is 2.54. The Kier molecular flexibility index (Phi) is 6.71. The Morgan fingerprint density at radius 3 is 2.55 bits per heavy atom. The van der Waals surface area contributed by atoms with Crippen LogP contribution in [0.3, 0.4) is 0 Å². The molecule has 2 aromatic carbocycles. The van der Waals surface area contributed by atoms with Crippen LogP contribution in [0.4, 0.5) is 0 Å². The van der Waals surface area contributed by atoms with Gasteiger partial charge in [0.05, 0.1) is 0 Å². The quantitative estimate of drug-likeness (QED) is 0.375. The Morgan fingerprint density at radius 2 is 1.82 bits per heavy atom. The van der Waals surface area contributed by atoms with E-state index in [1.165, 1.54) is 21.9 Å². The van der Waals surface area contributed by atoms with E-state index in [-0.39, 0.29) is 41.1 Å². The number of benzene rings is 2. The smallest absolute Gasteiger partial charge is 0.136 e. The minimum Gasteiger partial charge on any atom is -0.344 e. The molecule has 0 saturated carbocycles. The summed E-state index contributed by atoms with van der Waals surface area (Å²) in [4.78, 5) is 0. The fraction of sp³-hybridized carbons (Fsp3) is 0.105. The maximum atomic E-state index is 5.61. The second kappa shape index (κ2) is 7.85. The van der Waals surface area contributed by atoms with Crippen molar-refractivity contribution in [2.45, 2.75) is 6.92 Å². The summed E-state index contributed by atoms with van der Waals surface area (Å²) in [6, 6.07) is 18.1. The standard InChI is InChI=1S/C19H16N.B.Y/c1-4-15-11-12-20(3)19(13-15)18-10-9-16-7-5-6-8-17(16)14(18)2;;/h1,4-12H,2-3H3;;/q-1;;. The van der Waals surface area contributed by atoms with E-state index in [1.807, 2.05) is 19.3 Å². The first-order valence-electron chi connectivity index (χ1n) is 6.66. The van der Waals surface area contributed by atoms with Crippen molar-refractivity contribution in [1.29, 1.82) is 0 Å². The number of aryl methyl sites for hydroxylation is 2. The van der Waals surface area contributed by atoms with Crippen molar-refractivity contribution in [3.05, 3.63) is 72.4 Å². The van der Waals surface area contributed by atoms with Crippen LogP contribution in [0.15, 0.2) is 48.7 Å². The third-order valence-corrected chi connectivity index (χ3v) is 3.73. The summed E-state index contributed by atoms with van der Waals surface area (Å²) in [5.41, 5.74) is 4.41. The average Bonchev–Trinajstić information content (AvgIpc) is 2.49. The van der Waals surface area contributed by atoms with E-state index in [0.29, 0.717) is 0 Å². The molecule has 4 radical (unpaired) electrons. The van der Waals surface area contributed by atoms with Gasteiger partial charge in [-0.3, -0.25) is 5.56 Å². The third kappa shape index (κ3) is 3.39. The molecule has 0 fully saturated rings. The molecule has 0 atom stereocenters. The van der Waals surface area contributed by atoms with Gasteiger partial charge < -0.3 is 12.7 Å². The number of hydrogen-bond acceptors (Lipinski definition) is 0. The van der Waals surface area contributed by atoms with E-state index in [2.05, 4.69) is 54.0 Å². The van der Waals surface area contributed by atoms with Crippen LogP contribution in [-0.4, -0.2) is 8.41 Å². The molecule has 0 N–H and O–H groups in total. The molecule has 0 spiro atoms. The van der Waals surface area contributed by atoms with Crippen molar-refractivity contribution in [1.82, 2.24) is 0 Å². The molecule has 0 aliphatic heterocycles. The summed E-state index contributed by atoms with van der Waals surface area (Å²) in [7, 11) is 2.03. The molecule has 0 aliphatic carbocycles. The molecule has 0 amide bonds. The van der Waals surface area contributed by atoms with Gasteiger partial charge in [0.1, 0.15) is 18.9 Å². The SMILES string of the molecule is [B].[CH-]=Cc1[c-]c(-c2ccc3ccccc3c2C)[n+](C)cc1.[Y]. The Morgan fingerprint density at radius 1 is 1.09 bits per heavy atom. The zero-order valence-corrected chi connectivity index (χ0v) is 15.7. The van der Waals surface area contributed by atoms with Gasteiger partial charge in [-0.05, 0) is 23.3 Å². The number of aromatic nitrogens is 1. The van der Waals surface area contributed by atoms with E-state index in [4.69, 9.17) is 6.58 Å². The number of hydrogen-bond donors (Lipinski definition) is 0. The first-order chi connectivity index (χ1) is 9.70. The molecule has 3 aromatic rings. The molecule has 104 valence electrons.